The minimum Gasteiger partial charge on any atom is -0.368 e. The Morgan fingerprint density at radius 1 is 1.27 bits per heavy atom. The van der Waals surface area contributed by atoms with E-state index in [1.54, 1.807) is 17.1 Å². The van der Waals surface area contributed by atoms with Crippen LogP contribution in [0.25, 0.3) is 16.9 Å². The van der Waals surface area contributed by atoms with Gasteiger partial charge in [0.1, 0.15) is 6.17 Å². The maximum absolute atomic E-state index is 13.4. The minimum atomic E-state index is -0.745. The minimum absolute atomic E-state index is 0.443. The van der Waals surface area contributed by atoms with Crippen LogP contribution < -0.4 is 4.90 Å². The number of hydrogen-bond donors (Lipinski definition) is 0. The van der Waals surface area contributed by atoms with Crippen molar-refractivity contribution >= 4 is 32.7 Å². The van der Waals surface area contributed by atoms with Gasteiger partial charge >= 0.3 is 0 Å². The molecule has 0 bridgehead atoms. The molecule has 1 atom stereocenters. The molecule has 0 unspecified atom stereocenters. The monoisotopic (exact) mass is 361 g/mol. The van der Waals surface area contributed by atoms with E-state index < -0.39 is 6.17 Å². The predicted molar refractivity (Wildman–Crippen MR) is 86.1 cm³/mol. The van der Waals surface area contributed by atoms with Gasteiger partial charge < -0.3 is 4.90 Å². The SMILES string of the molecule is F[C@@H]1CCN(c2ccnc(-n3cc4cc(Br)cnc4n3)c2)C1. The van der Waals surface area contributed by atoms with Gasteiger partial charge in [0, 0.05) is 53.3 Å². The second-order valence-corrected chi connectivity index (χ2v) is 6.26. The number of nitrogens with zero attached hydrogens (tertiary/aromatic N) is 5. The lowest BCUT2D eigenvalue weighted by Crippen LogP contribution is -2.20. The van der Waals surface area contributed by atoms with Gasteiger partial charge in [0.05, 0.1) is 0 Å². The van der Waals surface area contributed by atoms with Crippen molar-refractivity contribution in [1.29, 1.82) is 0 Å². The van der Waals surface area contributed by atoms with E-state index in [0.717, 1.165) is 22.1 Å². The largest absolute Gasteiger partial charge is 0.368 e. The van der Waals surface area contributed by atoms with E-state index in [0.29, 0.717) is 24.4 Å². The van der Waals surface area contributed by atoms with Crippen molar-refractivity contribution in [2.45, 2.75) is 12.6 Å². The molecule has 5 nitrogen and oxygen atoms in total. The molecule has 4 heterocycles. The molecular formula is C15H13BrFN5. The van der Waals surface area contributed by atoms with Crippen molar-refractivity contribution in [1.82, 2.24) is 19.7 Å². The highest BCUT2D eigenvalue weighted by molar-refractivity contribution is 9.10. The van der Waals surface area contributed by atoms with Crippen molar-refractivity contribution < 1.29 is 4.39 Å². The van der Waals surface area contributed by atoms with E-state index in [1.807, 2.05) is 29.3 Å². The molecule has 0 amide bonds. The molecular weight excluding hydrogens is 349 g/mol. The molecule has 1 aliphatic rings. The zero-order chi connectivity index (χ0) is 15.1. The zero-order valence-corrected chi connectivity index (χ0v) is 13.2. The van der Waals surface area contributed by atoms with Crippen LogP contribution in [0.1, 0.15) is 6.42 Å². The number of anilines is 1. The van der Waals surface area contributed by atoms with Gasteiger partial charge in [0.25, 0.3) is 0 Å². The molecule has 0 radical (unpaired) electrons. The molecule has 112 valence electrons. The van der Waals surface area contributed by atoms with Crippen LogP contribution in [0, 0.1) is 0 Å². The highest BCUT2D eigenvalue weighted by Gasteiger charge is 2.22. The molecule has 1 fully saturated rings. The third-order valence-corrected chi connectivity index (χ3v) is 4.22. The number of aromatic nitrogens is 4. The van der Waals surface area contributed by atoms with E-state index >= 15 is 0 Å². The Balaban J connectivity index is 1.71. The van der Waals surface area contributed by atoms with Crippen LogP contribution in [0.15, 0.2) is 41.3 Å². The van der Waals surface area contributed by atoms with Crippen LogP contribution in [0.5, 0.6) is 0 Å². The summed E-state index contributed by atoms with van der Waals surface area (Å²) >= 11 is 3.40. The Kier molecular flexibility index (Phi) is 3.29. The van der Waals surface area contributed by atoms with Gasteiger partial charge in [-0.15, -0.1) is 5.10 Å². The van der Waals surface area contributed by atoms with Crippen LogP contribution in [0.4, 0.5) is 10.1 Å². The van der Waals surface area contributed by atoms with Crippen molar-refractivity contribution in [2.24, 2.45) is 0 Å². The van der Waals surface area contributed by atoms with Crippen LogP contribution in [-0.4, -0.2) is 39.0 Å². The molecule has 1 aliphatic heterocycles. The summed E-state index contributed by atoms with van der Waals surface area (Å²) in [6.07, 6.45) is 5.18. The predicted octanol–water partition coefficient (Wildman–Crippen LogP) is 3.13. The van der Waals surface area contributed by atoms with Crippen molar-refractivity contribution in [2.75, 3.05) is 18.0 Å². The highest BCUT2D eigenvalue weighted by Crippen LogP contribution is 2.24. The fraction of sp³-hybridized carbons (Fsp3) is 0.267. The molecule has 0 aromatic carbocycles. The Morgan fingerprint density at radius 3 is 3.00 bits per heavy atom. The Bertz CT molecular complexity index is 834. The first kappa shape index (κ1) is 13.6. The molecule has 4 rings (SSSR count). The molecule has 1 saturated heterocycles. The smallest absolute Gasteiger partial charge is 0.181 e. The first-order chi connectivity index (χ1) is 10.7. The molecule has 0 spiro atoms. The summed E-state index contributed by atoms with van der Waals surface area (Å²) in [5, 5.41) is 5.37. The van der Waals surface area contributed by atoms with Crippen LogP contribution in [-0.2, 0) is 0 Å². The van der Waals surface area contributed by atoms with Gasteiger partial charge in [-0.3, -0.25) is 0 Å². The summed E-state index contributed by atoms with van der Waals surface area (Å²) in [5.41, 5.74) is 1.64. The summed E-state index contributed by atoms with van der Waals surface area (Å²) in [6.45, 7) is 1.18. The Labute approximate surface area is 134 Å². The van der Waals surface area contributed by atoms with E-state index in [-0.39, 0.29) is 0 Å². The average Bonchev–Trinajstić information content (AvgIpc) is 3.13. The van der Waals surface area contributed by atoms with Crippen molar-refractivity contribution in [3.63, 3.8) is 0 Å². The first-order valence-corrected chi connectivity index (χ1v) is 7.85. The number of halogens is 2. The van der Waals surface area contributed by atoms with Gasteiger partial charge in [-0.2, -0.15) is 0 Å². The maximum atomic E-state index is 13.4. The van der Waals surface area contributed by atoms with Crippen LogP contribution in [0.3, 0.4) is 0 Å². The molecule has 22 heavy (non-hydrogen) atoms. The number of alkyl halides is 1. The summed E-state index contributed by atoms with van der Waals surface area (Å²) in [6, 6.07) is 5.79. The zero-order valence-electron chi connectivity index (χ0n) is 11.7. The summed E-state index contributed by atoms with van der Waals surface area (Å²) < 4.78 is 16.0. The third-order valence-electron chi connectivity index (χ3n) is 3.79. The van der Waals surface area contributed by atoms with Gasteiger partial charge in [-0.1, -0.05) is 0 Å². The quantitative estimate of drug-likeness (QED) is 0.703. The lowest BCUT2D eigenvalue weighted by Gasteiger charge is -2.17. The van der Waals surface area contributed by atoms with Crippen LogP contribution in [0.2, 0.25) is 0 Å². The fourth-order valence-electron chi connectivity index (χ4n) is 2.69. The molecule has 3 aromatic rings. The molecule has 7 heteroatoms. The number of hydrogen-bond acceptors (Lipinski definition) is 4. The third kappa shape index (κ3) is 2.45. The molecule has 0 aliphatic carbocycles. The van der Waals surface area contributed by atoms with E-state index in [4.69, 9.17) is 0 Å². The van der Waals surface area contributed by atoms with Crippen molar-refractivity contribution in [3.05, 3.63) is 41.3 Å². The van der Waals surface area contributed by atoms with E-state index in [2.05, 4.69) is 31.0 Å². The molecule has 3 aromatic heterocycles. The van der Waals surface area contributed by atoms with Crippen molar-refractivity contribution in [3.8, 4) is 5.82 Å². The number of fused-ring (bicyclic) bond motifs is 1. The second-order valence-electron chi connectivity index (χ2n) is 5.34. The molecule has 0 N–H and O–H groups in total. The summed E-state index contributed by atoms with van der Waals surface area (Å²) in [4.78, 5) is 10.7. The standard InChI is InChI=1S/C15H13BrFN5/c16-11-5-10-8-22(20-15(10)19-7-11)14-6-13(1-3-18-14)21-4-2-12(17)9-21/h1,3,5-8,12H,2,4,9H2/t12-/m1/s1. The normalized spacial score (nSPS) is 18.3. The lowest BCUT2D eigenvalue weighted by atomic mass is 10.3. The summed E-state index contributed by atoms with van der Waals surface area (Å²) in [5.74, 6) is 0.703. The topological polar surface area (TPSA) is 46.8 Å². The average molecular weight is 362 g/mol. The number of rotatable bonds is 2. The second kappa shape index (κ2) is 5.31. The van der Waals surface area contributed by atoms with E-state index in [1.165, 1.54) is 0 Å². The fourth-order valence-corrected chi connectivity index (χ4v) is 3.04. The number of pyridine rings is 2. The lowest BCUT2D eigenvalue weighted by molar-refractivity contribution is 0.364. The maximum Gasteiger partial charge on any atom is 0.181 e. The van der Waals surface area contributed by atoms with Gasteiger partial charge in [0.2, 0.25) is 0 Å². The Hall–Kier alpha value is -2.02. The first-order valence-electron chi connectivity index (χ1n) is 7.05. The Morgan fingerprint density at radius 2 is 2.18 bits per heavy atom. The van der Waals surface area contributed by atoms with Crippen LogP contribution >= 0.6 is 15.9 Å². The van der Waals surface area contributed by atoms with Gasteiger partial charge in [-0.05, 0) is 34.5 Å². The highest BCUT2D eigenvalue weighted by atomic mass is 79.9. The van der Waals surface area contributed by atoms with Gasteiger partial charge in [0.15, 0.2) is 11.5 Å². The summed E-state index contributed by atoms with van der Waals surface area (Å²) in [7, 11) is 0. The van der Waals surface area contributed by atoms with Gasteiger partial charge in [-0.25, -0.2) is 19.0 Å². The molecule has 0 saturated carbocycles. The van der Waals surface area contributed by atoms with E-state index in [9.17, 15) is 4.39 Å².